The molecular formula is C15H18FN3O3. The maximum atomic E-state index is 13.0. The maximum Gasteiger partial charge on any atom is 0.358 e. The molecule has 0 saturated carbocycles. The van der Waals surface area contributed by atoms with Crippen molar-refractivity contribution in [1.29, 1.82) is 0 Å². The van der Waals surface area contributed by atoms with Crippen LogP contribution >= 0.6 is 0 Å². The van der Waals surface area contributed by atoms with Crippen molar-refractivity contribution in [1.82, 2.24) is 10.2 Å². The van der Waals surface area contributed by atoms with Crippen LogP contribution in [0.2, 0.25) is 0 Å². The summed E-state index contributed by atoms with van der Waals surface area (Å²) < 4.78 is 17.9. The summed E-state index contributed by atoms with van der Waals surface area (Å²) in [5.41, 5.74) is 1.67. The summed E-state index contributed by atoms with van der Waals surface area (Å²) in [4.78, 5) is 13.4. The van der Waals surface area contributed by atoms with Gasteiger partial charge in [0.1, 0.15) is 5.82 Å². The Kier molecular flexibility index (Phi) is 5.48. The molecule has 1 aromatic carbocycles. The Balaban J connectivity index is 2.11. The van der Waals surface area contributed by atoms with Gasteiger partial charge in [-0.05, 0) is 37.3 Å². The number of aromatic amines is 1. The largest absolute Gasteiger partial charge is 0.461 e. The number of ether oxygens (including phenoxy) is 1. The highest BCUT2D eigenvalue weighted by molar-refractivity contribution is 5.87. The van der Waals surface area contributed by atoms with Gasteiger partial charge in [-0.3, -0.25) is 5.10 Å². The van der Waals surface area contributed by atoms with Gasteiger partial charge in [-0.1, -0.05) is 0 Å². The molecule has 0 spiro atoms. The van der Waals surface area contributed by atoms with E-state index >= 15 is 0 Å². The second kappa shape index (κ2) is 7.56. The first kappa shape index (κ1) is 16.0. The summed E-state index contributed by atoms with van der Waals surface area (Å²) in [6, 6.07) is 7.58. The third-order valence-corrected chi connectivity index (χ3v) is 3.04. The molecule has 0 unspecified atom stereocenters. The van der Waals surface area contributed by atoms with Crippen molar-refractivity contribution in [2.45, 2.75) is 13.5 Å². The molecule has 7 heteroatoms. The molecular weight excluding hydrogens is 289 g/mol. The minimum atomic E-state index is -0.486. The Morgan fingerprint density at radius 2 is 2.14 bits per heavy atom. The van der Waals surface area contributed by atoms with Crippen molar-refractivity contribution >= 4 is 11.7 Å². The van der Waals surface area contributed by atoms with Gasteiger partial charge in [0.05, 0.1) is 25.5 Å². The lowest BCUT2D eigenvalue weighted by atomic mass is 10.2. The quantitative estimate of drug-likeness (QED) is 0.762. The van der Waals surface area contributed by atoms with E-state index in [0.29, 0.717) is 18.8 Å². The molecule has 2 N–H and O–H groups in total. The van der Waals surface area contributed by atoms with Crippen molar-refractivity contribution in [3.05, 3.63) is 47.5 Å². The topological polar surface area (TPSA) is 78.5 Å². The number of carbonyl (C=O) groups is 1. The number of benzene rings is 1. The predicted octanol–water partition coefficient (Wildman–Crippen LogP) is 1.72. The Hall–Kier alpha value is -2.41. The fourth-order valence-electron chi connectivity index (χ4n) is 2.03. The van der Waals surface area contributed by atoms with Gasteiger partial charge in [-0.2, -0.15) is 5.10 Å². The number of hydrogen-bond acceptors (Lipinski definition) is 5. The van der Waals surface area contributed by atoms with E-state index in [1.54, 1.807) is 25.1 Å². The van der Waals surface area contributed by atoms with Gasteiger partial charge in [-0.25, -0.2) is 9.18 Å². The van der Waals surface area contributed by atoms with Crippen LogP contribution in [0.25, 0.3) is 0 Å². The molecule has 0 aliphatic rings. The summed E-state index contributed by atoms with van der Waals surface area (Å²) >= 11 is 0. The highest BCUT2D eigenvalue weighted by atomic mass is 19.1. The lowest BCUT2D eigenvalue weighted by Gasteiger charge is -2.23. The molecule has 1 heterocycles. The molecule has 22 heavy (non-hydrogen) atoms. The van der Waals surface area contributed by atoms with Gasteiger partial charge in [-0.15, -0.1) is 0 Å². The molecule has 2 rings (SSSR count). The van der Waals surface area contributed by atoms with Crippen LogP contribution in [-0.2, 0) is 11.3 Å². The predicted molar refractivity (Wildman–Crippen MR) is 79.1 cm³/mol. The van der Waals surface area contributed by atoms with E-state index in [4.69, 9.17) is 4.74 Å². The first-order valence-electron chi connectivity index (χ1n) is 6.96. The first-order valence-corrected chi connectivity index (χ1v) is 6.96. The molecule has 0 amide bonds. The third-order valence-electron chi connectivity index (χ3n) is 3.04. The smallest absolute Gasteiger partial charge is 0.358 e. The van der Waals surface area contributed by atoms with Crippen LogP contribution in [0, 0.1) is 5.82 Å². The third kappa shape index (κ3) is 4.05. The summed E-state index contributed by atoms with van der Waals surface area (Å²) in [7, 11) is 0. The monoisotopic (exact) mass is 307 g/mol. The number of carbonyl (C=O) groups excluding carboxylic acids is 1. The molecule has 0 fully saturated rings. The van der Waals surface area contributed by atoms with Crippen LogP contribution in [-0.4, -0.2) is 41.0 Å². The second-order valence-electron chi connectivity index (χ2n) is 4.62. The highest BCUT2D eigenvalue weighted by Gasteiger charge is 2.14. The molecule has 0 aliphatic carbocycles. The number of halogens is 1. The van der Waals surface area contributed by atoms with Gasteiger partial charge in [0.15, 0.2) is 5.69 Å². The molecule has 118 valence electrons. The van der Waals surface area contributed by atoms with Crippen LogP contribution in [0.4, 0.5) is 10.1 Å². The standard InChI is InChI=1S/C15H18FN3O3/c1-2-22-15(21)14-9-12(17-18-14)10-19(7-8-20)13-5-3-11(16)4-6-13/h3-6,9,20H,2,7-8,10H2,1H3,(H,17,18). The number of aliphatic hydroxyl groups excluding tert-OH is 1. The number of esters is 1. The number of rotatable bonds is 7. The van der Waals surface area contributed by atoms with E-state index in [9.17, 15) is 14.3 Å². The first-order chi connectivity index (χ1) is 10.6. The lowest BCUT2D eigenvalue weighted by molar-refractivity contribution is 0.0519. The van der Waals surface area contributed by atoms with Crippen molar-refractivity contribution in [2.24, 2.45) is 0 Å². The summed E-state index contributed by atoms with van der Waals surface area (Å²) in [6.07, 6.45) is 0. The van der Waals surface area contributed by atoms with Crippen LogP contribution in [0.5, 0.6) is 0 Å². The molecule has 0 aliphatic heterocycles. The van der Waals surface area contributed by atoms with Crippen LogP contribution in [0.15, 0.2) is 30.3 Å². The zero-order valence-corrected chi connectivity index (χ0v) is 12.3. The van der Waals surface area contributed by atoms with E-state index in [0.717, 1.165) is 5.69 Å². The average Bonchev–Trinajstić information content (AvgIpc) is 2.97. The van der Waals surface area contributed by atoms with Crippen molar-refractivity contribution in [3.63, 3.8) is 0 Å². The van der Waals surface area contributed by atoms with Gasteiger partial charge in [0.2, 0.25) is 0 Å². The van der Waals surface area contributed by atoms with E-state index in [2.05, 4.69) is 10.2 Å². The van der Waals surface area contributed by atoms with E-state index in [-0.39, 0.29) is 24.7 Å². The van der Waals surface area contributed by atoms with Crippen molar-refractivity contribution < 1.29 is 19.0 Å². The zero-order chi connectivity index (χ0) is 15.9. The minimum Gasteiger partial charge on any atom is -0.461 e. The summed E-state index contributed by atoms with van der Waals surface area (Å²) in [5, 5.41) is 15.9. The lowest BCUT2D eigenvalue weighted by Crippen LogP contribution is -2.26. The van der Waals surface area contributed by atoms with E-state index in [1.807, 2.05) is 4.90 Å². The van der Waals surface area contributed by atoms with Crippen molar-refractivity contribution in [3.8, 4) is 0 Å². The number of H-pyrrole nitrogens is 1. The Labute approximate surface area is 127 Å². The minimum absolute atomic E-state index is 0.0454. The summed E-state index contributed by atoms with van der Waals surface area (Å²) in [5.74, 6) is -0.806. The number of aromatic nitrogens is 2. The van der Waals surface area contributed by atoms with Gasteiger partial charge in [0, 0.05) is 12.2 Å². The Bertz CT molecular complexity index is 613. The molecule has 0 atom stereocenters. The molecule has 0 saturated heterocycles. The summed E-state index contributed by atoms with van der Waals surface area (Å²) in [6.45, 7) is 2.74. The molecule has 1 aromatic heterocycles. The normalized spacial score (nSPS) is 10.5. The second-order valence-corrected chi connectivity index (χ2v) is 4.62. The average molecular weight is 307 g/mol. The molecule has 2 aromatic rings. The van der Waals surface area contributed by atoms with Gasteiger partial charge >= 0.3 is 5.97 Å². The fraction of sp³-hybridized carbons (Fsp3) is 0.333. The fourth-order valence-corrected chi connectivity index (χ4v) is 2.03. The number of aliphatic hydroxyl groups is 1. The Morgan fingerprint density at radius 1 is 1.41 bits per heavy atom. The SMILES string of the molecule is CCOC(=O)c1cc(CN(CCO)c2ccc(F)cc2)[nH]n1. The molecule has 0 bridgehead atoms. The highest BCUT2D eigenvalue weighted by Crippen LogP contribution is 2.17. The Morgan fingerprint density at radius 3 is 2.77 bits per heavy atom. The van der Waals surface area contributed by atoms with Crippen molar-refractivity contribution in [2.75, 3.05) is 24.7 Å². The number of nitrogens with one attached hydrogen (secondary N) is 1. The van der Waals surface area contributed by atoms with Crippen LogP contribution < -0.4 is 4.90 Å². The van der Waals surface area contributed by atoms with Crippen LogP contribution in [0.1, 0.15) is 23.1 Å². The van der Waals surface area contributed by atoms with Crippen LogP contribution in [0.3, 0.4) is 0 Å². The maximum absolute atomic E-state index is 13.0. The number of anilines is 1. The van der Waals surface area contributed by atoms with Gasteiger partial charge < -0.3 is 14.7 Å². The number of nitrogens with zero attached hydrogens (tertiary/aromatic N) is 2. The molecule has 6 nitrogen and oxygen atoms in total. The van der Waals surface area contributed by atoms with Gasteiger partial charge in [0.25, 0.3) is 0 Å². The van der Waals surface area contributed by atoms with E-state index < -0.39 is 5.97 Å². The zero-order valence-electron chi connectivity index (χ0n) is 12.3. The van der Waals surface area contributed by atoms with E-state index in [1.165, 1.54) is 12.1 Å². The number of hydrogen-bond donors (Lipinski definition) is 2. The molecule has 0 radical (unpaired) electrons.